The van der Waals surface area contributed by atoms with Gasteiger partial charge in [0.15, 0.2) is 11.2 Å². The Morgan fingerprint density at radius 1 is 0.857 bits per heavy atom. The second-order valence-corrected chi connectivity index (χ2v) is 8.85. The molecular formula is C12H22Br2ClNO4P+. The van der Waals surface area contributed by atoms with Gasteiger partial charge in [-0.1, -0.05) is 44.7 Å². The topological polar surface area (TPSA) is 78.6 Å². The van der Waals surface area contributed by atoms with Crippen LogP contribution in [-0.4, -0.2) is 22.6 Å². The van der Waals surface area contributed by atoms with Crippen LogP contribution in [0.15, 0.2) is 0 Å². The minimum Gasteiger partial charge on any atom is -0.247 e. The van der Waals surface area contributed by atoms with Crippen molar-refractivity contribution in [2.24, 2.45) is 5.50 Å². The van der Waals surface area contributed by atoms with E-state index in [1.54, 1.807) is 0 Å². The predicted octanol–water partition coefficient (Wildman–Crippen LogP) is 4.86. The fourth-order valence-electron chi connectivity index (χ4n) is 1.47. The van der Waals surface area contributed by atoms with E-state index >= 15 is 0 Å². The summed E-state index contributed by atoms with van der Waals surface area (Å²) in [5.41, 5.74) is 5.55. The first kappa shape index (κ1) is 21.6. The average molecular weight is 471 g/mol. The van der Waals surface area contributed by atoms with Crippen LogP contribution in [0, 0.1) is 0 Å². The molecule has 0 aromatic carbocycles. The SMILES string of the molecule is N[P+](Cl)(OC(=O)CCCCCBr)OC(=O)CCCCCBr. The van der Waals surface area contributed by atoms with E-state index in [-0.39, 0.29) is 12.8 Å². The number of rotatable bonds is 12. The molecule has 5 nitrogen and oxygen atoms in total. The third-order valence-electron chi connectivity index (χ3n) is 2.48. The van der Waals surface area contributed by atoms with Crippen LogP contribution in [0.4, 0.5) is 0 Å². The second-order valence-electron chi connectivity index (χ2n) is 4.45. The molecule has 2 N–H and O–H groups in total. The summed E-state index contributed by atoms with van der Waals surface area (Å²) in [6.45, 7) is 0. The molecule has 0 radical (unpaired) electrons. The molecule has 0 unspecified atom stereocenters. The number of halogens is 3. The Morgan fingerprint density at radius 2 is 1.24 bits per heavy atom. The fraction of sp³-hybridized carbons (Fsp3) is 0.833. The van der Waals surface area contributed by atoms with Crippen molar-refractivity contribution in [3.63, 3.8) is 0 Å². The van der Waals surface area contributed by atoms with Crippen molar-refractivity contribution >= 4 is 62.3 Å². The number of hydrogen-bond acceptors (Lipinski definition) is 5. The van der Waals surface area contributed by atoms with Crippen LogP contribution in [-0.2, 0) is 18.6 Å². The zero-order valence-electron chi connectivity index (χ0n) is 11.9. The van der Waals surface area contributed by atoms with E-state index in [2.05, 4.69) is 31.9 Å². The molecule has 0 rings (SSSR count). The third-order valence-corrected chi connectivity index (χ3v) is 4.92. The average Bonchev–Trinajstić information content (AvgIpc) is 2.38. The highest BCUT2D eigenvalue weighted by Gasteiger charge is 2.43. The zero-order chi connectivity index (χ0) is 16.1. The number of alkyl halides is 2. The molecule has 0 spiro atoms. The molecule has 21 heavy (non-hydrogen) atoms. The molecule has 0 heterocycles. The molecular weight excluding hydrogens is 448 g/mol. The van der Waals surface area contributed by atoms with Crippen molar-refractivity contribution in [2.75, 3.05) is 10.7 Å². The summed E-state index contributed by atoms with van der Waals surface area (Å²) in [6.07, 6.45) is 5.63. The Kier molecular flexibility index (Phi) is 13.4. The Bertz CT molecular complexity index is 294. The number of carbonyl (C=O) groups excluding carboxylic acids is 2. The number of hydrogen-bond donors (Lipinski definition) is 1. The Morgan fingerprint density at radius 3 is 1.57 bits per heavy atom. The van der Waals surface area contributed by atoms with E-state index in [1.807, 2.05) is 0 Å². The summed E-state index contributed by atoms with van der Waals surface area (Å²) in [5.74, 6) is -1.05. The van der Waals surface area contributed by atoms with Gasteiger partial charge >= 0.3 is 19.2 Å². The zero-order valence-corrected chi connectivity index (χ0v) is 16.7. The van der Waals surface area contributed by atoms with E-state index in [9.17, 15) is 9.59 Å². The first-order chi connectivity index (χ1) is 9.91. The van der Waals surface area contributed by atoms with E-state index < -0.39 is 19.2 Å². The van der Waals surface area contributed by atoms with Crippen LogP contribution in [0.3, 0.4) is 0 Å². The maximum absolute atomic E-state index is 11.5. The summed E-state index contributed by atoms with van der Waals surface area (Å²) in [7, 11) is -3.41. The molecule has 0 saturated carbocycles. The highest BCUT2D eigenvalue weighted by molar-refractivity contribution is 9.09. The lowest BCUT2D eigenvalue weighted by atomic mass is 10.2. The summed E-state index contributed by atoms with van der Waals surface area (Å²) >= 11 is 12.4. The molecule has 9 heteroatoms. The quantitative estimate of drug-likeness (QED) is 0.250. The van der Waals surface area contributed by atoms with Gasteiger partial charge in [0.25, 0.3) is 0 Å². The van der Waals surface area contributed by atoms with Crippen molar-refractivity contribution in [3.8, 4) is 0 Å². The highest BCUT2D eigenvalue weighted by Crippen LogP contribution is 2.59. The predicted molar refractivity (Wildman–Crippen MR) is 93.7 cm³/mol. The van der Waals surface area contributed by atoms with E-state index in [1.165, 1.54) is 0 Å². The summed E-state index contributed by atoms with van der Waals surface area (Å²) < 4.78 is 9.74. The molecule has 0 aliphatic rings. The Hall–Kier alpha value is 0.580. The minimum absolute atomic E-state index is 0.224. The molecule has 0 aromatic rings. The molecule has 0 amide bonds. The summed E-state index contributed by atoms with van der Waals surface area (Å²) in [6, 6.07) is 0. The van der Waals surface area contributed by atoms with E-state index in [0.717, 1.165) is 36.3 Å². The molecule has 0 aliphatic carbocycles. The van der Waals surface area contributed by atoms with E-state index in [0.29, 0.717) is 12.8 Å². The molecule has 124 valence electrons. The Balaban J connectivity index is 3.89. The van der Waals surface area contributed by atoms with Crippen molar-refractivity contribution in [1.29, 1.82) is 0 Å². The maximum Gasteiger partial charge on any atom is 0.545 e. The molecule has 0 aromatic heterocycles. The molecule has 0 bridgehead atoms. The van der Waals surface area contributed by atoms with Crippen molar-refractivity contribution in [2.45, 2.75) is 51.4 Å². The lowest BCUT2D eigenvalue weighted by Crippen LogP contribution is -2.15. The van der Waals surface area contributed by atoms with Gasteiger partial charge in [0, 0.05) is 10.7 Å². The largest absolute Gasteiger partial charge is 0.545 e. The van der Waals surface area contributed by atoms with Gasteiger partial charge in [0.1, 0.15) is 0 Å². The number of unbranched alkanes of at least 4 members (excludes halogenated alkanes) is 4. The monoisotopic (exact) mass is 468 g/mol. The molecule has 0 saturated heterocycles. The fourth-order valence-corrected chi connectivity index (χ4v) is 3.50. The highest BCUT2D eigenvalue weighted by atomic mass is 79.9. The normalized spacial score (nSPS) is 11.2. The van der Waals surface area contributed by atoms with Gasteiger partial charge in [-0.25, -0.2) is 18.6 Å². The maximum atomic E-state index is 11.5. The molecule has 0 aliphatic heterocycles. The van der Waals surface area contributed by atoms with Gasteiger partial charge < -0.3 is 0 Å². The van der Waals surface area contributed by atoms with Crippen LogP contribution < -0.4 is 5.50 Å². The minimum atomic E-state index is -3.41. The second kappa shape index (κ2) is 13.1. The van der Waals surface area contributed by atoms with Gasteiger partial charge in [-0.3, -0.25) is 0 Å². The van der Waals surface area contributed by atoms with Crippen molar-refractivity contribution in [3.05, 3.63) is 0 Å². The summed E-state index contributed by atoms with van der Waals surface area (Å²) in [5, 5.41) is 1.80. The van der Waals surface area contributed by atoms with Crippen LogP contribution in [0.5, 0.6) is 0 Å². The van der Waals surface area contributed by atoms with Gasteiger partial charge in [-0.2, -0.15) is 0 Å². The third kappa shape index (κ3) is 13.9. The number of carbonyl (C=O) groups is 2. The lowest BCUT2D eigenvalue weighted by Gasteiger charge is -2.09. The van der Waals surface area contributed by atoms with Crippen LogP contribution in [0.25, 0.3) is 0 Å². The lowest BCUT2D eigenvalue weighted by molar-refractivity contribution is -0.137. The Labute approximate surface area is 148 Å². The van der Waals surface area contributed by atoms with Gasteiger partial charge in [-0.05, 0) is 25.7 Å². The van der Waals surface area contributed by atoms with Gasteiger partial charge in [0.2, 0.25) is 0 Å². The first-order valence-electron chi connectivity index (χ1n) is 6.85. The van der Waals surface area contributed by atoms with Crippen molar-refractivity contribution in [1.82, 2.24) is 0 Å². The first-order valence-corrected chi connectivity index (χ1v) is 11.7. The summed E-state index contributed by atoms with van der Waals surface area (Å²) in [4.78, 5) is 23.1. The standard InChI is InChI=1S/C12H22Br2ClNO4P/c13-9-5-1-3-7-11(17)19-21(15,16)20-12(18)8-4-2-6-10-14/h1-10,16H2/q+1. The van der Waals surface area contributed by atoms with E-state index in [4.69, 9.17) is 25.8 Å². The van der Waals surface area contributed by atoms with Crippen LogP contribution >= 0.6 is 50.3 Å². The van der Waals surface area contributed by atoms with Crippen molar-refractivity contribution < 1.29 is 18.6 Å². The molecule has 0 fully saturated rings. The molecule has 0 atom stereocenters. The van der Waals surface area contributed by atoms with Gasteiger partial charge in [-0.15, -0.1) is 5.50 Å². The van der Waals surface area contributed by atoms with Crippen LogP contribution in [0.2, 0.25) is 0 Å². The van der Waals surface area contributed by atoms with Crippen LogP contribution in [0.1, 0.15) is 51.4 Å². The van der Waals surface area contributed by atoms with Gasteiger partial charge in [0.05, 0.1) is 12.8 Å². The number of nitrogens with two attached hydrogens (primary N) is 1. The smallest absolute Gasteiger partial charge is 0.247 e.